The number of rotatable bonds is 13. The number of nitrogen functional groups attached to an aromatic ring is 1. The van der Waals surface area contributed by atoms with Gasteiger partial charge in [0.25, 0.3) is 11.8 Å². The van der Waals surface area contributed by atoms with Gasteiger partial charge in [-0.05, 0) is 71.6 Å². The van der Waals surface area contributed by atoms with Crippen molar-refractivity contribution in [2.45, 2.75) is 26.2 Å². The van der Waals surface area contributed by atoms with Crippen molar-refractivity contribution in [3.05, 3.63) is 161 Å². The summed E-state index contributed by atoms with van der Waals surface area (Å²) in [5, 5.41) is 13.2. The third-order valence-corrected chi connectivity index (χ3v) is 7.68. The molecule has 5 aromatic rings. The minimum Gasteiger partial charge on any atom is -0.457 e. The SMILES string of the molecule is CC(CNC(=O)c1ccc(-c2ccccc2C(=O)Nc2ccc(C(=N)N)cc2)c(C(=O)OCc2ccccc2)c1)OC(=O)OCc1ccccc1. The van der Waals surface area contributed by atoms with Gasteiger partial charge in [-0.15, -0.1) is 0 Å². The number of hydrogen-bond acceptors (Lipinski definition) is 8. The summed E-state index contributed by atoms with van der Waals surface area (Å²) in [6, 6.07) is 36.1. The van der Waals surface area contributed by atoms with Crippen molar-refractivity contribution in [1.82, 2.24) is 5.32 Å². The topological polar surface area (TPSA) is 170 Å². The fourth-order valence-electron chi connectivity index (χ4n) is 5.03. The number of hydrogen-bond donors (Lipinski definition) is 4. The summed E-state index contributed by atoms with van der Waals surface area (Å²) in [6.07, 6.45) is -1.58. The van der Waals surface area contributed by atoms with Gasteiger partial charge >= 0.3 is 12.1 Å². The van der Waals surface area contributed by atoms with Gasteiger partial charge in [-0.1, -0.05) is 84.9 Å². The number of nitrogens with two attached hydrogens (primary N) is 1. The minimum atomic E-state index is -0.871. The second-order valence-corrected chi connectivity index (χ2v) is 11.5. The van der Waals surface area contributed by atoms with Gasteiger partial charge in [0.15, 0.2) is 0 Å². The van der Waals surface area contributed by atoms with Crippen molar-refractivity contribution >= 4 is 35.5 Å². The summed E-state index contributed by atoms with van der Waals surface area (Å²) in [5.41, 5.74) is 9.42. The summed E-state index contributed by atoms with van der Waals surface area (Å²) in [4.78, 5) is 52.6. The molecule has 0 fully saturated rings. The van der Waals surface area contributed by atoms with Gasteiger partial charge in [-0.25, -0.2) is 9.59 Å². The Hall–Kier alpha value is -6.75. The molecular weight excluding hydrogens is 648 g/mol. The highest BCUT2D eigenvalue weighted by Gasteiger charge is 2.22. The molecule has 11 nitrogen and oxygen atoms in total. The van der Waals surface area contributed by atoms with Crippen molar-refractivity contribution in [3.8, 4) is 11.1 Å². The van der Waals surface area contributed by atoms with E-state index in [0.717, 1.165) is 11.1 Å². The van der Waals surface area contributed by atoms with Crippen LogP contribution in [-0.2, 0) is 27.4 Å². The van der Waals surface area contributed by atoms with Crippen LogP contribution in [0.3, 0.4) is 0 Å². The van der Waals surface area contributed by atoms with E-state index in [-0.39, 0.29) is 42.3 Å². The second-order valence-electron chi connectivity index (χ2n) is 11.5. The third kappa shape index (κ3) is 9.89. The zero-order valence-electron chi connectivity index (χ0n) is 27.8. The smallest absolute Gasteiger partial charge is 0.457 e. The van der Waals surface area contributed by atoms with Gasteiger partial charge in [0.1, 0.15) is 25.2 Å². The molecule has 0 aliphatic carbocycles. The van der Waals surface area contributed by atoms with E-state index in [2.05, 4.69) is 10.6 Å². The predicted octanol–water partition coefficient (Wildman–Crippen LogP) is 6.72. The molecule has 5 aromatic carbocycles. The molecule has 11 heteroatoms. The van der Waals surface area contributed by atoms with Crippen LogP contribution in [0.15, 0.2) is 127 Å². The number of amides is 2. The minimum absolute atomic E-state index is 0.0108. The summed E-state index contributed by atoms with van der Waals surface area (Å²) in [7, 11) is 0. The third-order valence-electron chi connectivity index (χ3n) is 7.68. The molecule has 5 N–H and O–H groups in total. The van der Waals surface area contributed by atoms with Crippen molar-refractivity contribution in [3.63, 3.8) is 0 Å². The quantitative estimate of drug-likeness (QED) is 0.0602. The average Bonchev–Trinajstić information content (AvgIpc) is 3.16. The number of carbonyl (C=O) groups excluding carboxylic acids is 4. The molecule has 0 saturated carbocycles. The maximum atomic E-state index is 13.6. The lowest BCUT2D eigenvalue weighted by Crippen LogP contribution is -2.33. The van der Waals surface area contributed by atoms with Gasteiger partial charge in [0.2, 0.25) is 0 Å². The Morgan fingerprint density at radius 2 is 1.24 bits per heavy atom. The first-order chi connectivity index (χ1) is 24.7. The maximum Gasteiger partial charge on any atom is 0.508 e. The van der Waals surface area contributed by atoms with Crippen LogP contribution in [0.5, 0.6) is 0 Å². The molecule has 1 atom stereocenters. The highest BCUT2D eigenvalue weighted by Crippen LogP contribution is 2.30. The van der Waals surface area contributed by atoms with Crippen molar-refractivity contribution in [2.24, 2.45) is 5.73 Å². The summed E-state index contributed by atoms with van der Waals surface area (Å²) in [6.45, 7) is 1.63. The lowest BCUT2D eigenvalue weighted by molar-refractivity contribution is 0.0243. The van der Waals surface area contributed by atoms with Gasteiger partial charge < -0.3 is 30.6 Å². The molecule has 0 aliphatic rings. The number of benzene rings is 5. The van der Waals surface area contributed by atoms with Crippen LogP contribution in [-0.4, -0.2) is 42.4 Å². The fraction of sp³-hybridized carbons (Fsp3) is 0.125. The number of carbonyl (C=O) groups is 4. The summed E-state index contributed by atoms with van der Waals surface area (Å²) in [5.74, 6) is -1.75. The van der Waals surface area contributed by atoms with Crippen molar-refractivity contribution < 1.29 is 33.4 Å². The second kappa shape index (κ2) is 17.1. The first-order valence-corrected chi connectivity index (χ1v) is 16.0. The zero-order valence-corrected chi connectivity index (χ0v) is 27.8. The van der Waals surface area contributed by atoms with Crippen LogP contribution in [0.25, 0.3) is 11.1 Å². The molecule has 5 rings (SSSR count). The van der Waals surface area contributed by atoms with E-state index in [9.17, 15) is 19.2 Å². The average molecular weight is 685 g/mol. The van der Waals surface area contributed by atoms with Crippen LogP contribution in [0.2, 0.25) is 0 Å². The lowest BCUT2D eigenvalue weighted by Gasteiger charge is -2.16. The standard InChI is InChI=1S/C40H36N4O7/c1-26(51-40(48)50-25-28-12-6-3-7-13-28)23-43-37(45)30-18-21-33(35(22-30)39(47)49-24-27-10-4-2-5-11-27)32-14-8-9-15-34(32)38(46)44-31-19-16-29(17-20-31)36(41)42/h2-22,26H,23-25H2,1H3,(H3,41,42)(H,43,45)(H,44,46). The summed E-state index contributed by atoms with van der Waals surface area (Å²) >= 11 is 0. The van der Waals surface area contributed by atoms with E-state index < -0.39 is 30.0 Å². The van der Waals surface area contributed by atoms with E-state index in [4.69, 9.17) is 25.4 Å². The van der Waals surface area contributed by atoms with E-state index in [1.165, 1.54) is 12.1 Å². The molecule has 2 amide bonds. The Kier molecular flexibility index (Phi) is 11.9. The Morgan fingerprint density at radius 3 is 1.88 bits per heavy atom. The Bertz CT molecular complexity index is 2020. The Morgan fingerprint density at radius 1 is 0.667 bits per heavy atom. The van der Waals surface area contributed by atoms with E-state index >= 15 is 0 Å². The van der Waals surface area contributed by atoms with Gasteiger partial charge in [0.05, 0.1) is 12.1 Å². The first-order valence-electron chi connectivity index (χ1n) is 16.0. The monoisotopic (exact) mass is 684 g/mol. The Balaban J connectivity index is 1.34. The highest BCUT2D eigenvalue weighted by atomic mass is 16.7. The van der Waals surface area contributed by atoms with Crippen LogP contribution in [0.4, 0.5) is 10.5 Å². The first kappa shape index (κ1) is 35.6. The number of esters is 1. The number of ether oxygens (including phenoxy) is 3. The van der Waals surface area contributed by atoms with Crippen molar-refractivity contribution in [2.75, 3.05) is 11.9 Å². The molecule has 0 aromatic heterocycles. The van der Waals surface area contributed by atoms with E-state index in [0.29, 0.717) is 22.4 Å². The van der Waals surface area contributed by atoms with Crippen molar-refractivity contribution in [1.29, 1.82) is 5.41 Å². The largest absolute Gasteiger partial charge is 0.508 e. The van der Waals surface area contributed by atoms with Gasteiger partial charge in [-0.2, -0.15) is 0 Å². The number of anilines is 1. The molecule has 0 heterocycles. The van der Waals surface area contributed by atoms with Crippen LogP contribution in [0.1, 0.15) is 54.7 Å². The summed E-state index contributed by atoms with van der Waals surface area (Å²) < 4.78 is 16.1. The van der Waals surface area contributed by atoms with Gasteiger partial charge in [0, 0.05) is 22.4 Å². The molecule has 1 unspecified atom stereocenters. The number of nitrogens with one attached hydrogen (secondary N) is 3. The molecule has 0 bridgehead atoms. The van der Waals surface area contributed by atoms with E-state index in [1.807, 2.05) is 60.7 Å². The fourth-order valence-corrected chi connectivity index (χ4v) is 5.03. The molecule has 258 valence electrons. The van der Waals surface area contributed by atoms with Crippen LogP contribution in [0, 0.1) is 5.41 Å². The normalized spacial score (nSPS) is 11.1. The zero-order chi connectivity index (χ0) is 36.2. The maximum absolute atomic E-state index is 13.6. The van der Waals surface area contributed by atoms with Crippen LogP contribution >= 0.6 is 0 Å². The highest BCUT2D eigenvalue weighted by molar-refractivity contribution is 6.11. The Labute approximate surface area is 294 Å². The lowest BCUT2D eigenvalue weighted by atomic mass is 9.93. The molecule has 0 radical (unpaired) electrons. The molecule has 0 saturated heterocycles. The predicted molar refractivity (Wildman–Crippen MR) is 192 cm³/mol. The van der Waals surface area contributed by atoms with E-state index in [1.54, 1.807) is 61.5 Å². The molecule has 0 spiro atoms. The molecular formula is C40H36N4O7. The van der Waals surface area contributed by atoms with Crippen LogP contribution < -0.4 is 16.4 Å². The molecule has 51 heavy (non-hydrogen) atoms. The van der Waals surface area contributed by atoms with Gasteiger partial charge in [-0.3, -0.25) is 15.0 Å². The molecule has 0 aliphatic heterocycles. The number of amidine groups is 1.